The quantitative estimate of drug-likeness (QED) is 0.870. The van der Waals surface area contributed by atoms with Gasteiger partial charge in [0.05, 0.1) is 13.1 Å². The molecule has 0 aliphatic carbocycles. The Morgan fingerprint density at radius 3 is 2.91 bits per heavy atom. The molecule has 4 nitrogen and oxygen atoms in total. The summed E-state index contributed by atoms with van der Waals surface area (Å²) in [5, 5.41) is 1.22. The van der Waals surface area contributed by atoms with E-state index in [1.165, 1.54) is 15.0 Å². The Bertz CT molecular complexity index is 662. The SMILES string of the molecule is CN(Cc1cc2ccccc2s1)C(=O)CN1CCCCC1=O. The number of amides is 2. The summed E-state index contributed by atoms with van der Waals surface area (Å²) in [6, 6.07) is 10.4. The van der Waals surface area contributed by atoms with Gasteiger partial charge in [-0.1, -0.05) is 18.2 Å². The molecule has 2 amide bonds. The van der Waals surface area contributed by atoms with Gasteiger partial charge in [0, 0.05) is 29.6 Å². The van der Waals surface area contributed by atoms with E-state index in [0.717, 1.165) is 12.8 Å². The van der Waals surface area contributed by atoms with Gasteiger partial charge < -0.3 is 9.80 Å². The minimum absolute atomic E-state index is 0.00714. The summed E-state index contributed by atoms with van der Waals surface area (Å²) in [6.45, 7) is 1.52. The van der Waals surface area contributed by atoms with E-state index in [2.05, 4.69) is 18.2 Å². The van der Waals surface area contributed by atoms with Gasteiger partial charge in [-0.3, -0.25) is 9.59 Å². The van der Waals surface area contributed by atoms with Crippen LogP contribution in [0, 0.1) is 0 Å². The van der Waals surface area contributed by atoms with Gasteiger partial charge in [0.15, 0.2) is 0 Å². The molecule has 1 aromatic heterocycles. The van der Waals surface area contributed by atoms with Crippen molar-refractivity contribution < 1.29 is 9.59 Å². The fraction of sp³-hybridized carbons (Fsp3) is 0.412. The predicted molar refractivity (Wildman–Crippen MR) is 88.7 cm³/mol. The lowest BCUT2D eigenvalue weighted by molar-refractivity contribution is -0.141. The number of benzene rings is 1. The lowest BCUT2D eigenvalue weighted by Gasteiger charge is -2.28. The molecule has 1 aromatic carbocycles. The zero-order valence-electron chi connectivity index (χ0n) is 12.7. The standard InChI is InChI=1S/C17H20N2O2S/c1-18(17(21)12-19-9-5-4-8-16(19)20)11-14-10-13-6-2-3-7-15(13)22-14/h2-3,6-7,10H,4-5,8-9,11-12H2,1H3. The number of rotatable bonds is 4. The van der Waals surface area contributed by atoms with E-state index in [-0.39, 0.29) is 18.4 Å². The second-order valence-electron chi connectivity index (χ2n) is 5.77. The van der Waals surface area contributed by atoms with Crippen LogP contribution in [0.2, 0.25) is 0 Å². The number of hydrogen-bond donors (Lipinski definition) is 0. The van der Waals surface area contributed by atoms with Crippen LogP contribution in [0.5, 0.6) is 0 Å². The smallest absolute Gasteiger partial charge is 0.242 e. The number of nitrogens with zero attached hydrogens (tertiary/aromatic N) is 2. The summed E-state index contributed by atoms with van der Waals surface area (Å²) in [5.41, 5.74) is 0. The van der Waals surface area contributed by atoms with Crippen LogP contribution in [-0.4, -0.2) is 41.8 Å². The molecule has 2 aromatic rings. The molecule has 0 atom stereocenters. The minimum atomic E-state index is 0.00714. The molecule has 22 heavy (non-hydrogen) atoms. The van der Waals surface area contributed by atoms with Crippen LogP contribution in [0.25, 0.3) is 10.1 Å². The maximum absolute atomic E-state index is 12.3. The van der Waals surface area contributed by atoms with Crippen LogP contribution in [0.4, 0.5) is 0 Å². The molecule has 1 saturated heterocycles. The first-order valence-electron chi connectivity index (χ1n) is 7.62. The van der Waals surface area contributed by atoms with Gasteiger partial charge in [-0.2, -0.15) is 0 Å². The summed E-state index contributed by atoms with van der Waals surface area (Å²) >= 11 is 1.72. The Morgan fingerprint density at radius 2 is 2.14 bits per heavy atom. The molecule has 1 aliphatic heterocycles. The van der Waals surface area contributed by atoms with Crippen LogP contribution in [0.3, 0.4) is 0 Å². The lowest BCUT2D eigenvalue weighted by atomic mass is 10.1. The van der Waals surface area contributed by atoms with Gasteiger partial charge in [-0.15, -0.1) is 11.3 Å². The highest BCUT2D eigenvalue weighted by atomic mass is 32.1. The molecule has 0 N–H and O–H groups in total. The average Bonchev–Trinajstić information content (AvgIpc) is 2.91. The van der Waals surface area contributed by atoms with Gasteiger partial charge in [-0.25, -0.2) is 0 Å². The number of hydrogen-bond acceptors (Lipinski definition) is 3. The summed E-state index contributed by atoms with van der Waals surface area (Å²) in [5.74, 6) is 0.113. The van der Waals surface area contributed by atoms with Gasteiger partial charge in [-0.05, 0) is 30.4 Å². The molecule has 116 valence electrons. The van der Waals surface area contributed by atoms with Crippen LogP contribution < -0.4 is 0 Å². The third-order valence-electron chi connectivity index (χ3n) is 4.04. The van der Waals surface area contributed by atoms with Crippen LogP contribution in [-0.2, 0) is 16.1 Å². The van der Waals surface area contributed by atoms with Gasteiger partial charge in [0.1, 0.15) is 0 Å². The first-order chi connectivity index (χ1) is 10.6. The summed E-state index contributed by atoms with van der Waals surface area (Å²) in [6.07, 6.45) is 2.52. The molecule has 0 radical (unpaired) electrons. The van der Waals surface area contributed by atoms with Crippen molar-refractivity contribution in [3.63, 3.8) is 0 Å². The maximum Gasteiger partial charge on any atom is 0.242 e. The van der Waals surface area contributed by atoms with Crippen molar-refractivity contribution in [2.75, 3.05) is 20.1 Å². The Balaban J connectivity index is 1.61. The van der Waals surface area contributed by atoms with Gasteiger partial charge in [0.25, 0.3) is 0 Å². The number of likely N-dealkylation sites (N-methyl/N-ethyl adjacent to an activating group) is 1. The molecule has 3 rings (SSSR count). The Hall–Kier alpha value is -1.88. The van der Waals surface area contributed by atoms with E-state index in [4.69, 9.17) is 0 Å². The van der Waals surface area contributed by atoms with Gasteiger partial charge >= 0.3 is 0 Å². The molecule has 0 unspecified atom stereocenters. The van der Waals surface area contributed by atoms with Crippen molar-refractivity contribution in [2.24, 2.45) is 0 Å². The molecule has 0 saturated carbocycles. The second kappa shape index (κ2) is 6.48. The van der Waals surface area contributed by atoms with Crippen molar-refractivity contribution >= 4 is 33.2 Å². The van der Waals surface area contributed by atoms with E-state index in [0.29, 0.717) is 19.5 Å². The van der Waals surface area contributed by atoms with Crippen molar-refractivity contribution in [3.05, 3.63) is 35.2 Å². The molecule has 1 aliphatic rings. The van der Waals surface area contributed by atoms with Crippen LogP contribution in [0.15, 0.2) is 30.3 Å². The first-order valence-corrected chi connectivity index (χ1v) is 8.44. The Morgan fingerprint density at radius 1 is 1.32 bits per heavy atom. The fourth-order valence-electron chi connectivity index (χ4n) is 2.75. The maximum atomic E-state index is 12.3. The van der Waals surface area contributed by atoms with Crippen LogP contribution in [0.1, 0.15) is 24.1 Å². The molecule has 1 fully saturated rings. The molecular formula is C17H20N2O2S. The largest absolute Gasteiger partial charge is 0.339 e. The number of piperidine rings is 1. The van der Waals surface area contributed by atoms with Crippen molar-refractivity contribution in [1.82, 2.24) is 9.80 Å². The number of carbonyl (C=O) groups excluding carboxylic acids is 2. The van der Waals surface area contributed by atoms with Crippen molar-refractivity contribution in [3.8, 4) is 0 Å². The zero-order chi connectivity index (χ0) is 15.5. The van der Waals surface area contributed by atoms with E-state index in [1.807, 2.05) is 12.1 Å². The van der Waals surface area contributed by atoms with E-state index >= 15 is 0 Å². The summed E-state index contributed by atoms with van der Waals surface area (Å²) in [4.78, 5) is 28.7. The Labute approximate surface area is 134 Å². The number of fused-ring (bicyclic) bond motifs is 1. The molecular weight excluding hydrogens is 296 g/mol. The van der Waals surface area contributed by atoms with Crippen molar-refractivity contribution in [2.45, 2.75) is 25.8 Å². The average molecular weight is 316 g/mol. The molecule has 0 bridgehead atoms. The number of likely N-dealkylation sites (tertiary alicyclic amines) is 1. The van der Waals surface area contributed by atoms with Gasteiger partial charge in [0.2, 0.25) is 11.8 Å². The lowest BCUT2D eigenvalue weighted by Crippen LogP contribution is -2.43. The van der Waals surface area contributed by atoms with E-state index in [1.54, 1.807) is 28.2 Å². The highest BCUT2D eigenvalue weighted by Gasteiger charge is 2.22. The highest BCUT2D eigenvalue weighted by molar-refractivity contribution is 7.19. The minimum Gasteiger partial charge on any atom is -0.339 e. The summed E-state index contributed by atoms with van der Waals surface area (Å²) in [7, 11) is 1.81. The predicted octanol–water partition coefficient (Wildman–Crippen LogP) is 2.87. The van der Waals surface area contributed by atoms with Crippen molar-refractivity contribution in [1.29, 1.82) is 0 Å². The van der Waals surface area contributed by atoms with E-state index in [9.17, 15) is 9.59 Å². The first kappa shape index (κ1) is 15.0. The third kappa shape index (κ3) is 3.30. The number of carbonyl (C=O) groups is 2. The van der Waals surface area contributed by atoms with Crippen LogP contribution >= 0.6 is 11.3 Å². The zero-order valence-corrected chi connectivity index (χ0v) is 13.6. The Kier molecular flexibility index (Phi) is 4.43. The number of thiophene rings is 1. The molecule has 0 spiro atoms. The third-order valence-corrected chi connectivity index (χ3v) is 5.14. The molecule has 2 heterocycles. The second-order valence-corrected chi connectivity index (χ2v) is 6.94. The monoisotopic (exact) mass is 316 g/mol. The van der Waals surface area contributed by atoms with E-state index < -0.39 is 0 Å². The highest BCUT2D eigenvalue weighted by Crippen LogP contribution is 2.26. The normalized spacial score (nSPS) is 15.3. The summed E-state index contributed by atoms with van der Waals surface area (Å²) < 4.78 is 1.24. The molecule has 5 heteroatoms. The fourth-order valence-corrected chi connectivity index (χ4v) is 3.87. The topological polar surface area (TPSA) is 40.6 Å².